The fourth-order valence-corrected chi connectivity index (χ4v) is 2.54. The number of ether oxygens (including phenoxy) is 3. The van der Waals surface area contributed by atoms with Crippen LogP contribution in [0.5, 0.6) is 11.5 Å². The second-order valence-corrected chi connectivity index (χ2v) is 5.80. The summed E-state index contributed by atoms with van der Waals surface area (Å²) in [5, 5.41) is 3.42. The summed E-state index contributed by atoms with van der Waals surface area (Å²) in [4.78, 5) is 0. The molecule has 2 aromatic rings. The monoisotopic (exact) mass is 379 g/mol. The van der Waals surface area contributed by atoms with Crippen molar-refractivity contribution in [1.29, 1.82) is 0 Å². The summed E-state index contributed by atoms with van der Waals surface area (Å²) < 4.78 is 16.7. The third-order valence-electron chi connectivity index (χ3n) is 3.89. The molecule has 1 N–H and O–H groups in total. The number of benzene rings is 2. The van der Waals surface area contributed by atoms with Gasteiger partial charge in [-0.15, -0.1) is 12.4 Å². The predicted molar refractivity (Wildman–Crippen MR) is 109 cm³/mol. The van der Waals surface area contributed by atoms with Crippen LogP contribution in [0, 0.1) is 0 Å². The molecular formula is C21H30ClNO3. The molecule has 0 aliphatic rings. The molecule has 0 saturated carbocycles. The number of hydrogen-bond donors (Lipinski definition) is 1. The first-order valence-corrected chi connectivity index (χ1v) is 8.95. The lowest BCUT2D eigenvalue weighted by atomic mass is 10.1. The van der Waals surface area contributed by atoms with Crippen LogP contribution in [-0.4, -0.2) is 33.5 Å². The molecule has 0 bridgehead atoms. The molecule has 0 saturated heterocycles. The van der Waals surface area contributed by atoms with E-state index in [0.717, 1.165) is 50.6 Å². The van der Waals surface area contributed by atoms with E-state index in [0.29, 0.717) is 6.61 Å². The topological polar surface area (TPSA) is 39.7 Å². The molecule has 0 amide bonds. The number of hydrogen-bond acceptors (Lipinski definition) is 4. The Bertz CT molecular complexity index is 607. The molecule has 0 radical (unpaired) electrons. The summed E-state index contributed by atoms with van der Waals surface area (Å²) in [5.74, 6) is 1.57. The molecular weight excluding hydrogens is 350 g/mol. The van der Waals surface area contributed by atoms with Crippen LogP contribution in [0.15, 0.2) is 48.5 Å². The molecule has 0 atom stereocenters. The molecule has 0 aliphatic carbocycles. The molecule has 0 heterocycles. The van der Waals surface area contributed by atoms with Crippen LogP contribution in [0.3, 0.4) is 0 Å². The van der Waals surface area contributed by atoms with Gasteiger partial charge in [0.2, 0.25) is 0 Å². The Labute approximate surface area is 163 Å². The molecule has 144 valence electrons. The Morgan fingerprint density at radius 1 is 0.923 bits per heavy atom. The van der Waals surface area contributed by atoms with E-state index in [-0.39, 0.29) is 12.4 Å². The minimum Gasteiger partial charge on any atom is -0.493 e. The second kappa shape index (κ2) is 13.5. The molecule has 26 heavy (non-hydrogen) atoms. The van der Waals surface area contributed by atoms with Gasteiger partial charge in [0, 0.05) is 26.2 Å². The van der Waals surface area contributed by atoms with Crippen molar-refractivity contribution in [2.24, 2.45) is 0 Å². The Hall–Kier alpha value is -1.75. The number of methoxy groups -OCH3 is 1. The van der Waals surface area contributed by atoms with Crippen LogP contribution in [0.1, 0.15) is 24.5 Å². The van der Waals surface area contributed by atoms with Gasteiger partial charge in [-0.1, -0.05) is 36.4 Å². The van der Waals surface area contributed by atoms with Gasteiger partial charge in [0.05, 0.1) is 13.7 Å². The van der Waals surface area contributed by atoms with Crippen LogP contribution in [0.4, 0.5) is 0 Å². The highest BCUT2D eigenvalue weighted by molar-refractivity contribution is 5.85. The summed E-state index contributed by atoms with van der Waals surface area (Å²) in [5.41, 5.74) is 2.46. The van der Waals surface area contributed by atoms with Crippen LogP contribution in [0.25, 0.3) is 0 Å². The smallest absolute Gasteiger partial charge is 0.161 e. The van der Waals surface area contributed by atoms with E-state index in [4.69, 9.17) is 14.2 Å². The minimum absolute atomic E-state index is 0. The van der Waals surface area contributed by atoms with Crippen LogP contribution >= 0.6 is 12.4 Å². The van der Waals surface area contributed by atoms with E-state index in [9.17, 15) is 0 Å². The zero-order valence-corrected chi connectivity index (χ0v) is 16.5. The van der Waals surface area contributed by atoms with Crippen LogP contribution in [0.2, 0.25) is 0 Å². The third-order valence-corrected chi connectivity index (χ3v) is 3.89. The SMILES string of the molecule is CCOCCCNCc1ccc(OCCc2ccccc2)c(OC)c1.Cl. The number of rotatable bonds is 12. The van der Waals surface area contributed by atoms with Gasteiger partial charge < -0.3 is 19.5 Å². The molecule has 0 unspecified atom stereocenters. The number of nitrogens with one attached hydrogen (secondary N) is 1. The van der Waals surface area contributed by atoms with E-state index in [1.54, 1.807) is 7.11 Å². The van der Waals surface area contributed by atoms with Gasteiger partial charge in [-0.3, -0.25) is 0 Å². The van der Waals surface area contributed by atoms with Gasteiger partial charge in [-0.25, -0.2) is 0 Å². The van der Waals surface area contributed by atoms with Crippen molar-refractivity contribution in [3.05, 3.63) is 59.7 Å². The first-order chi connectivity index (χ1) is 12.3. The second-order valence-electron chi connectivity index (χ2n) is 5.80. The van der Waals surface area contributed by atoms with Crippen molar-refractivity contribution < 1.29 is 14.2 Å². The van der Waals surface area contributed by atoms with Gasteiger partial charge in [0.25, 0.3) is 0 Å². The summed E-state index contributed by atoms with van der Waals surface area (Å²) in [6.07, 6.45) is 1.90. The van der Waals surface area contributed by atoms with Crippen molar-refractivity contribution in [2.45, 2.75) is 26.3 Å². The first kappa shape index (κ1) is 22.3. The summed E-state index contributed by atoms with van der Waals surface area (Å²) >= 11 is 0. The maximum atomic E-state index is 5.89. The van der Waals surface area contributed by atoms with Crippen molar-refractivity contribution in [3.8, 4) is 11.5 Å². The minimum atomic E-state index is 0. The Kier molecular flexibility index (Phi) is 11.5. The molecule has 0 aliphatic heterocycles. The van der Waals surface area contributed by atoms with E-state index in [1.807, 2.05) is 37.3 Å². The molecule has 0 fully saturated rings. The van der Waals surface area contributed by atoms with Gasteiger partial charge in [-0.05, 0) is 43.1 Å². The van der Waals surface area contributed by atoms with E-state index in [1.165, 1.54) is 11.1 Å². The molecule has 5 heteroatoms. The lowest BCUT2D eigenvalue weighted by Crippen LogP contribution is -2.16. The molecule has 2 aromatic carbocycles. The largest absolute Gasteiger partial charge is 0.493 e. The average Bonchev–Trinajstić information content (AvgIpc) is 2.66. The number of halogens is 1. The highest BCUT2D eigenvalue weighted by Gasteiger charge is 2.06. The first-order valence-electron chi connectivity index (χ1n) is 8.95. The molecule has 2 rings (SSSR count). The fourth-order valence-electron chi connectivity index (χ4n) is 2.54. The Morgan fingerprint density at radius 3 is 2.46 bits per heavy atom. The zero-order valence-electron chi connectivity index (χ0n) is 15.7. The average molecular weight is 380 g/mol. The van der Waals surface area contributed by atoms with E-state index < -0.39 is 0 Å². The van der Waals surface area contributed by atoms with Gasteiger partial charge in [0.15, 0.2) is 11.5 Å². The normalized spacial score (nSPS) is 10.2. The van der Waals surface area contributed by atoms with Gasteiger partial charge in [0.1, 0.15) is 0 Å². The fraction of sp³-hybridized carbons (Fsp3) is 0.429. The lowest BCUT2D eigenvalue weighted by molar-refractivity contribution is 0.144. The standard InChI is InChI=1S/C21H29NO3.ClH/c1-3-24-14-7-13-22-17-19-10-11-20(21(16-19)23-2)25-15-12-18-8-5-4-6-9-18;/h4-6,8-11,16,22H,3,7,12-15,17H2,1-2H3;1H. The van der Waals surface area contributed by atoms with E-state index in [2.05, 4.69) is 23.5 Å². The summed E-state index contributed by atoms with van der Waals surface area (Å²) in [6.45, 7) is 5.99. The highest BCUT2D eigenvalue weighted by atomic mass is 35.5. The quantitative estimate of drug-likeness (QED) is 0.559. The van der Waals surface area contributed by atoms with Crippen molar-refractivity contribution in [3.63, 3.8) is 0 Å². The van der Waals surface area contributed by atoms with Crippen molar-refractivity contribution in [2.75, 3.05) is 33.5 Å². The van der Waals surface area contributed by atoms with Gasteiger partial charge >= 0.3 is 0 Å². The Morgan fingerprint density at radius 2 is 1.73 bits per heavy atom. The molecule has 0 aromatic heterocycles. The maximum absolute atomic E-state index is 5.89. The predicted octanol–water partition coefficient (Wildman–Crippen LogP) is 4.25. The van der Waals surface area contributed by atoms with E-state index >= 15 is 0 Å². The Balaban J connectivity index is 0.00000338. The third kappa shape index (κ3) is 8.09. The van der Waals surface area contributed by atoms with Gasteiger partial charge in [-0.2, -0.15) is 0 Å². The van der Waals surface area contributed by atoms with Crippen molar-refractivity contribution >= 4 is 12.4 Å². The van der Waals surface area contributed by atoms with Crippen LogP contribution < -0.4 is 14.8 Å². The van der Waals surface area contributed by atoms with Crippen LogP contribution in [-0.2, 0) is 17.7 Å². The zero-order chi connectivity index (χ0) is 17.7. The maximum Gasteiger partial charge on any atom is 0.161 e. The molecule has 4 nitrogen and oxygen atoms in total. The summed E-state index contributed by atoms with van der Waals surface area (Å²) in [7, 11) is 1.68. The summed E-state index contributed by atoms with van der Waals surface area (Å²) in [6, 6.07) is 16.4. The molecule has 0 spiro atoms. The van der Waals surface area contributed by atoms with Crippen molar-refractivity contribution in [1.82, 2.24) is 5.32 Å². The lowest BCUT2D eigenvalue weighted by Gasteiger charge is -2.13. The highest BCUT2D eigenvalue weighted by Crippen LogP contribution is 2.28.